The number of benzene rings is 1. The first-order valence-electron chi connectivity index (χ1n) is 5.83. The van der Waals surface area contributed by atoms with Gasteiger partial charge in [-0.15, -0.1) is 10.2 Å². The van der Waals surface area contributed by atoms with Crippen LogP contribution in [0.5, 0.6) is 0 Å². The van der Waals surface area contributed by atoms with Crippen LogP contribution >= 0.6 is 0 Å². The number of pyridine rings is 1. The molecule has 4 nitrogen and oxygen atoms in total. The van der Waals surface area contributed by atoms with E-state index in [2.05, 4.69) is 29.3 Å². The lowest BCUT2D eigenvalue weighted by molar-refractivity contribution is 1.11. The number of fused-ring (bicyclic) bond motifs is 1. The second-order valence-electron chi connectivity index (χ2n) is 4.50. The van der Waals surface area contributed by atoms with Crippen molar-refractivity contribution in [1.29, 1.82) is 0 Å². The molecular formula is C14H14N4. The van der Waals surface area contributed by atoms with E-state index in [0.717, 1.165) is 17.0 Å². The summed E-state index contributed by atoms with van der Waals surface area (Å²) >= 11 is 0. The number of nitrogen functional groups attached to an aromatic ring is 1. The first-order chi connectivity index (χ1) is 8.66. The molecule has 2 heterocycles. The van der Waals surface area contributed by atoms with Crippen LogP contribution < -0.4 is 5.73 Å². The monoisotopic (exact) mass is 238 g/mol. The Morgan fingerprint density at radius 2 is 1.72 bits per heavy atom. The Bertz CT molecular complexity index is 710. The maximum Gasteiger partial charge on any atom is 0.184 e. The topological polar surface area (TPSA) is 56.2 Å². The molecule has 3 aromatic rings. The van der Waals surface area contributed by atoms with E-state index in [1.807, 2.05) is 35.7 Å². The summed E-state index contributed by atoms with van der Waals surface area (Å²) in [5.41, 5.74) is 10.7. The van der Waals surface area contributed by atoms with Crippen LogP contribution in [0.1, 0.15) is 11.1 Å². The molecule has 0 spiro atoms. The van der Waals surface area contributed by atoms with Gasteiger partial charge in [0.15, 0.2) is 11.5 Å². The number of anilines is 1. The zero-order chi connectivity index (χ0) is 12.7. The molecule has 3 rings (SSSR count). The van der Waals surface area contributed by atoms with Crippen LogP contribution in [0.2, 0.25) is 0 Å². The first-order valence-corrected chi connectivity index (χ1v) is 5.83. The largest absolute Gasteiger partial charge is 0.395 e. The minimum absolute atomic E-state index is 0.684. The minimum atomic E-state index is 0.684. The molecule has 2 aromatic heterocycles. The zero-order valence-corrected chi connectivity index (χ0v) is 10.4. The average Bonchev–Trinajstić information content (AvgIpc) is 2.79. The van der Waals surface area contributed by atoms with Crippen LogP contribution in [0.4, 0.5) is 5.69 Å². The summed E-state index contributed by atoms with van der Waals surface area (Å²) in [6.45, 7) is 4.03. The lowest BCUT2D eigenvalue weighted by Gasteiger charge is -2.03. The Kier molecular flexibility index (Phi) is 2.30. The van der Waals surface area contributed by atoms with Crippen molar-refractivity contribution in [1.82, 2.24) is 14.6 Å². The lowest BCUT2D eigenvalue weighted by atomic mass is 10.1. The predicted octanol–water partition coefficient (Wildman–Crippen LogP) is 2.60. The normalized spacial score (nSPS) is 11.0. The van der Waals surface area contributed by atoms with Gasteiger partial charge in [0.2, 0.25) is 0 Å². The third-order valence-electron chi connectivity index (χ3n) is 3.14. The summed E-state index contributed by atoms with van der Waals surface area (Å²) in [5, 5.41) is 8.40. The fraction of sp³-hybridized carbons (Fsp3) is 0.143. The van der Waals surface area contributed by atoms with Crippen LogP contribution in [0.3, 0.4) is 0 Å². The fourth-order valence-corrected chi connectivity index (χ4v) is 1.97. The molecule has 0 atom stereocenters. The van der Waals surface area contributed by atoms with Crippen molar-refractivity contribution in [2.75, 3.05) is 5.73 Å². The van der Waals surface area contributed by atoms with Gasteiger partial charge in [0, 0.05) is 11.8 Å². The van der Waals surface area contributed by atoms with Gasteiger partial charge in [-0.2, -0.15) is 0 Å². The van der Waals surface area contributed by atoms with Gasteiger partial charge in [-0.25, -0.2) is 0 Å². The second kappa shape index (κ2) is 3.84. The van der Waals surface area contributed by atoms with Crippen LogP contribution in [-0.4, -0.2) is 14.6 Å². The SMILES string of the molecule is Cc1ccc(-c2nnc3c(N)c(C)ccn23)cc1. The third-order valence-corrected chi connectivity index (χ3v) is 3.14. The highest BCUT2D eigenvalue weighted by atomic mass is 15.2. The highest BCUT2D eigenvalue weighted by molar-refractivity contribution is 5.71. The van der Waals surface area contributed by atoms with E-state index in [9.17, 15) is 0 Å². The Labute approximate surface area is 105 Å². The Hall–Kier alpha value is -2.36. The summed E-state index contributed by atoms with van der Waals surface area (Å²) in [6.07, 6.45) is 1.95. The number of nitrogens with two attached hydrogens (primary N) is 1. The fourth-order valence-electron chi connectivity index (χ4n) is 1.97. The van der Waals surface area contributed by atoms with Gasteiger partial charge in [0.1, 0.15) is 0 Å². The molecule has 0 amide bonds. The van der Waals surface area contributed by atoms with E-state index in [-0.39, 0.29) is 0 Å². The number of nitrogens with zero attached hydrogens (tertiary/aromatic N) is 3. The van der Waals surface area contributed by atoms with Crippen molar-refractivity contribution < 1.29 is 0 Å². The number of aryl methyl sites for hydroxylation is 2. The second-order valence-corrected chi connectivity index (χ2v) is 4.50. The van der Waals surface area contributed by atoms with Gasteiger partial charge in [-0.05, 0) is 25.5 Å². The lowest BCUT2D eigenvalue weighted by Crippen LogP contribution is -1.96. The van der Waals surface area contributed by atoms with Gasteiger partial charge in [-0.3, -0.25) is 4.40 Å². The van der Waals surface area contributed by atoms with Crippen LogP contribution in [-0.2, 0) is 0 Å². The maximum atomic E-state index is 6.01. The standard InChI is InChI=1S/C14H14N4/c1-9-3-5-11(6-4-9)13-16-17-14-12(15)10(2)7-8-18(13)14/h3-8H,15H2,1-2H3. The van der Waals surface area contributed by atoms with Gasteiger partial charge in [0.05, 0.1) is 5.69 Å². The number of hydrogen-bond donors (Lipinski definition) is 1. The molecule has 2 N–H and O–H groups in total. The predicted molar refractivity (Wildman–Crippen MR) is 72.3 cm³/mol. The summed E-state index contributed by atoms with van der Waals surface area (Å²) < 4.78 is 1.92. The molecule has 90 valence electrons. The number of aromatic nitrogens is 3. The zero-order valence-electron chi connectivity index (χ0n) is 10.4. The summed E-state index contributed by atoms with van der Waals surface area (Å²) in [4.78, 5) is 0. The summed E-state index contributed by atoms with van der Waals surface area (Å²) in [7, 11) is 0. The molecule has 1 aromatic carbocycles. The van der Waals surface area contributed by atoms with E-state index < -0.39 is 0 Å². The van der Waals surface area contributed by atoms with Crippen LogP contribution in [0.25, 0.3) is 17.0 Å². The van der Waals surface area contributed by atoms with E-state index in [0.29, 0.717) is 11.3 Å². The van der Waals surface area contributed by atoms with Crippen LogP contribution in [0, 0.1) is 13.8 Å². The van der Waals surface area contributed by atoms with E-state index in [4.69, 9.17) is 5.73 Å². The summed E-state index contributed by atoms with van der Waals surface area (Å²) in [6, 6.07) is 10.2. The molecular weight excluding hydrogens is 224 g/mol. The Morgan fingerprint density at radius 3 is 2.44 bits per heavy atom. The minimum Gasteiger partial charge on any atom is -0.395 e. The molecule has 18 heavy (non-hydrogen) atoms. The average molecular weight is 238 g/mol. The van der Waals surface area contributed by atoms with E-state index in [1.54, 1.807) is 0 Å². The highest BCUT2D eigenvalue weighted by Gasteiger charge is 2.10. The van der Waals surface area contributed by atoms with Crippen molar-refractivity contribution in [3.05, 3.63) is 47.7 Å². The van der Waals surface area contributed by atoms with Gasteiger partial charge >= 0.3 is 0 Å². The molecule has 0 aliphatic rings. The van der Waals surface area contributed by atoms with Crippen molar-refractivity contribution in [2.24, 2.45) is 0 Å². The van der Waals surface area contributed by atoms with Crippen LogP contribution in [0.15, 0.2) is 36.5 Å². The molecule has 0 saturated carbocycles. The molecule has 0 unspecified atom stereocenters. The Balaban J connectivity index is 2.25. The number of hydrogen-bond acceptors (Lipinski definition) is 3. The molecule has 0 fully saturated rings. The summed E-state index contributed by atoms with van der Waals surface area (Å²) in [5.74, 6) is 0.816. The van der Waals surface area contributed by atoms with E-state index in [1.165, 1.54) is 5.56 Å². The quantitative estimate of drug-likeness (QED) is 0.709. The Morgan fingerprint density at radius 1 is 1.00 bits per heavy atom. The number of rotatable bonds is 1. The molecule has 4 heteroatoms. The van der Waals surface area contributed by atoms with Gasteiger partial charge in [-0.1, -0.05) is 29.8 Å². The smallest absolute Gasteiger partial charge is 0.184 e. The van der Waals surface area contributed by atoms with Gasteiger partial charge < -0.3 is 5.73 Å². The maximum absolute atomic E-state index is 6.01. The molecule has 0 aliphatic heterocycles. The van der Waals surface area contributed by atoms with Crippen molar-refractivity contribution in [3.63, 3.8) is 0 Å². The third kappa shape index (κ3) is 1.54. The van der Waals surface area contributed by atoms with Crippen molar-refractivity contribution in [3.8, 4) is 11.4 Å². The van der Waals surface area contributed by atoms with Gasteiger partial charge in [0.25, 0.3) is 0 Å². The van der Waals surface area contributed by atoms with Crippen molar-refractivity contribution >= 4 is 11.3 Å². The molecule has 0 bridgehead atoms. The first kappa shape index (κ1) is 10.8. The van der Waals surface area contributed by atoms with Crippen molar-refractivity contribution in [2.45, 2.75) is 13.8 Å². The molecule has 0 saturated heterocycles. The molecule has 0 aliphatic carbocycles. The molecule has 0 radical (unpaired) electrons. The van der Waals surface area contributed by atoms with E-state index >= 15 is 0 Å². The highest BCUT2D eigenvalue weighted by Crippen LogP contribution is 2.23.